The first kappa shape index (κ1) is 18.4. The number of amides is 2. The average molecular weight is 348 g/mol. The molecule has 132 valence electrons. The normalized spacial score (nSPS) is 10.2. The molecule has 0 aliphatic heterocycles. The van der Waals surface area contributed by atoms with E-state index >= 15 is 0 Å². The molecule has 2 aromatic carbocycles. The van der Waals surface area contributed by atoms with Crippen LogP contribution in [0.4, 0.5) is 19.3 Å². The number of benzene rings is 2. The topological polar surface area (TPSA) is 58.6 Å². The maximum atomic E-state index is 13.6. The van der Waals surface area contributed by atoms with Crippen LogP contribution >= 0.6 is 0 Å². The smallest absolute Gasteiger partial charge is 0.338 e. The van der Waals surface area contributed by atoms with Crippen molar-refractivity contribution in [2.24, 2.45) is 0 Å². The summed E-state index contributed by atoms with van der Waals surface area (Å²) >= 11 is 0. The molecule has 0 fully saturated rings. The molecule has 0 atom stereocenters. The van der Waals surface area contributed by atoms with Gasteiger partial charge in [-0.2, -0.15) is 0 Å². The van der Waals surface area contributed by atoms with Crippen molar-refractivity contribution in [2.45, 2.75) is 13.5 Å². The summed E-state index contributed by atoms with van der Waals surface area (Å²) in [5, 5.41) is 2.63. The maximum absolute atomic E-state index is 13.6. The number of nitrogens with zero attached hydrogens (tertiary/aromatic N) is 1. The first-order valence-corrected chi connectivity index (χ1v) is 7.64. The summed E-state index contributed by atoms with van der Waals surface area (Å²) in [5.74, 6) is -1.82. The molecule has 2 aromatic rings. The highest BCUT2D eigenvalue weighted by Gasteiger charge is 2.13. The number of carbonyl (C=O) groups excluding carboxylic acids is 2. The Bertz CT molecular complexity index is 763. The van der Waals surface area contributed by atoms with Crippen molar-refractivity contribution in [1.82, 2.24) is 4.90 Å². The predicted octanol–water partition coefficient (Wildman–Crippen LogP) is 3.81. The highest BCUT2D eigenvalue weighted by atomic mass is 19.1. The summed E-state index contributed by atoms with van der Waals surface area (Å²) < 4.78 is 31.4. The van der Waals surface area contributed by atoms with Crippen LogP contribution in [0.5, 0.6) is 0 Å². The molecule has 0 bridgehead atoms. The average Bonchev–Trinajstić information content (AvgIpc) is 2.58. The summed E-state index contributed by atoms with van der Waals surface area (Å²) in [5.41, 5.74) is 1.06. The summed E-state index contributed by atoms with van der Waals surface area (Å²) in [4.78, 5) is 25.0. The van der Waals surface area contributed by atoms with Gasteiger partial charge in [0.15, 0.2) is 0 Å². The Morgan fingerprint density at radius 3 is 2.40 bits per heavy atom. The number of halogens is 2. The number of esters is 1. The Kier molecular flexibility index (Phi) is 6.05. The Hall–Kier alpha value is -2.96. The lowest BCUT2D eigenvalue weighted by molar-refractivity contribution is 0.0526. The number of ether oxygens (including phenoxy) is 1. The van der Waals surface area contributed by atoms with Gasteiger partial charge in [-0.1, -0.05) is 6.07 Å². The third kappa shape index (κ3) is 5.00. The second-order valence-corrected chi connectivity index (χ2v) is 5.32. The lowest BCUT2D eigenvalue weighted by atomic mass is 10.2. The molecule has 0 saturated heterocycles. The van der Waals surface area contributed by atoms with Gasteiger partial charge in [0, 0.05) is 30.9 Å². The Balaban J connectivity index is 1.97. The van der Waals surface area contributed by atoms with Gasteiger partial charge in [-0.3, -0.25) is 0 Å². The van der Waals surface area contributed by atoms with Crippen LogP contribution in [0.15, 0.2) is 42.5 Å². The molecule has 2 amide bonds. The van der Waals surface area contributed by atoms with Gasteiger partial charge in [0.2, 0.25) is 0 Å². The van der Waals surface area contributed by atoms with E-state index in [2.05, 4.69) is 5.32 Å². The Labute approximate surface area is 144 Å². The van der Waals surface area contributed by atoms with Crippen molar-refractivity contribution < 1.29 is 23.1 Å². The molecular weight excluding hydrogens is 330 g/mol. The molecule has 0 unspecified atom stereocenters. The molecule has 0 aliphatic carbocycles. The standard InChI is InChI=1S/C18H18F2N2O3/c1-3-25-17(23)12-5-8-15(9-6-12)21-18(24)22(2)11-13-4-7-14(19)10-16(13)20/h4-10H,3,11H2,1-2H3,(H,21,24). The number of rotatable bonds is 5. The van der Waals surface area contributed by atoms with Gasteiger partial charge in [-0.15, -0.1) is 0 Å². The van der Waals surface area contributed by atoms with Crippen LogP contribution in [-0.2, 0) is 11.3 Å². The molecule has 5 nitrogen and oxygen atoms in total. The number of anilines is 1. The van der Waals surface area contributed by atoms with Crippen LogP contribution in [0.1, 0.15) is 22.8 Å². The monoisotopic (exact) mass is 348 g/mol. The third-order valence-electron chi connectivity index (χ3n) is 3.42. The van der Waals surface area contributed by atoms with Crippen molar-refractivity contribution in [3.05, 3.63) is 65.2 Å². The van der Waals surface area contributed by atoms with Gasteiger partial charge in [0.25, 0.3) is 0 Å². The second kappa shape index (κ2) is 8.23. The highest BCUT2D eigenvalue weighted by molar-refractivity contribution is 5.92. The highest BCUT2D eigenvalue weighted by Crippen LogP contribution is 2.14. The Morgan fingerprint density at radius 1 is 1.12 bits per heavy atom. The fraction of sp³-hybridized carbons (Fsp3) is 0.222. The molecule has 0 heterocycles. The van der Waals surface area contributed by atoms with Crippen LogP contribution in [0, 0.1) is 11.6 Å². The number of carbonyl (C=O) groups is 2. The van der Waals surface area contributed by atoms with Gasteiger partial charge >= 0.3 is 12.0 Å². The molecular formula is C18H18F2N2O3. The molecule has 0 radical (unpaired) electrons. The maximum Gasteiger partial charge on any atom is 0.338 e. The molecule has 7 heteroatoms. The number of hydrogen-bond acceptors (Lipinski definition) is 3. The first-order valence-electron chi connectivity index (χ1n) is 7.64. The molecule has 0 spiro atoms. The van der Waals surface area contributed by atoms with Crippen molar-refractivity contribution in [2.75, 3.05) is 19.0 Å². The quantitative estimate of drug-likeness (QED) is 0.836. The third-order valence-corrected chi connectivity index (χ3v) is 3.42. The minimum atomic E-state index is -0.710. The zero-order valence-corrected chi connectivity index (χ0v) is 13.9. The Morgan fingerprint density at radius 2 is 1.80 bits per heavy atom. The van der Waals surface area contributed by atoms with E-state index in [1.165, 1.54) is 30.1 Å². The van der Waals surface area contributed by atoms with Crippen molar-refractivity contribution in [3.8, 4) is 0 Å². The van der Waals surface area contributed by atoms with Gasteiger partial charge in [0.05, 0.1) is 12.2 Å². The fourth-order valence-corrected chi connectivity index (χ4v) is 2.10. The lowest BCUT2D eigenvalue weighted by Gasteiger charge is -2.18. The number of nitrogens with one attached hydrogen (secondary N) is 1. The van der Waals surface area contributed by atoms with E-state index in [-0.39, 0.29) is 18.7 Å². The van der Waals surface area contributed by atoms with E-state index in [0.29, 0.717) is 11.3 Å². The molecule has 0 aliphatic rings. The van der Waals surface area contributed by atoms with Crippen molar-refractivity contribution in [1.29, 1.82) is 0 Å². The zero-order valence-electron chi connectivity index (χ0n) is 13.9. The van der Waals surface area contributed by atoms with Gasteiger partial charge < -0.3 is 15.0 Å². The zero-order chi connectivity index (χ0) is 18.4. The molecule has 0 saturated carbocycles. The number of hydrogen-bond donors (Lipinski definition) is 1. The SMILES string of the molecule is CCOC(=O)c1ccc(NC(=O)N(C)Cc2ccc(F)cc2F)cc1. The van der Waals surface area contributed by atoms with Gasteiger partial charge in [-0.05, 0) is 37.3 Å². The minimum absolute atomic E-state index is 0.0150. The van der Waals surface area contributed by atoms with E-state index in [0.717, 1.165) is 12.1 Å². The van der Waals surface area contributed by atoms with Crippen LogP contribution in [-0.4, -0.2) is 30.6 Å². The largest absolute Gasteiger partial charge is 0.462 e. The summed E-state index contributed by atoms with van der Waals surface area (Å²) in [6.45, 7) is 1.98. The minimum Gasteiger partial charge on any atom is -0.462 e. The van der Waals surface area contributed by atoms with Crippen molar-refractivity contribution in [3.63, 3.8) is 0 Å². The van der Waals surface area contributed by atoms with Crippen LogP contribution in [0.3, 0.4) is 0 Å². The summed E-state index contributed by atoms with van der Waals surface area (Å²) in [7, 11) is 1.49. The van der Waals surface area contributed by atoms with E-state index in [9.17, 15) is 18.4 Å². The van der Waals surface area contributed by atoms with E-state index in [1.807, 2.05) is 0 Å². The number of urea groups is 1. The first-order chi connectivity index (χ1) is 11.9. The summed E-state index contributed by atoms with van der Waals surface area (Å²) in [6.07, 6.45) is 0. The molecule has 25 heavy (non-hydrogen) atoms. The van der Waals surface area contributed by atoms with Gasteiger partial charge in [-0.25, -0.2) is 18.4 Å². The van der Waals surface area contributed by atoms with Crippen LogP contribution in [0.25, 0.3) is 0 Å². The van der Waals surface area contributed by atoms with E-state index in [4.69, 9.17) is 4.74 Å². The fourth-order valence-electron chi connectivity index (χ4n) is 2.10. The predicted molar refractivity (Wildman–Crippen MR) is 89.2 cm³/mol. The second-order valence-electron chi connectivity index (χ2n) is 5.32. The molecule has 1 N–H and O–H groups in total. The summed E-state index contributed by atoms with van der Waals surface area (Å²) in [6, 6.07) is 8.94. The van der Waals surface area contributed by atoms with E-state index < -0.39 is 23.6 Å². The van der Waals surface area contributed by atoms with Crippen LogP contribution < -0.4 is 5.32 Å². The lowest BCUT2D eigenvalue weighted by Crippen LogP contribution is -2.31. The molecule has 0 aromatic heterocycles. The van der Waals surface area contributed by atoms with Gasteiger partial charge in [0.1, 0.15) is 11.6 Å². The molecule has 2 rings (SSSR count). The van der Waals surface area contributed by atoms with Crippen molar-refractivity contribution >= 4 is 17.7 Å². The van der Waals surface area contributed by atoms with Crippen LogP contribution in [0.2, 0.25) is 0 Å². The van der Waals surface area contributed by atoms with E-state index in [1.54, 1.807) is 19.1 Å².